The summed E-state index contributed by atoms with van der Waals surface area (Å²) in [5, 5.41) is 9.04. The molecule has 1 aliphatic rings. The zero-order valence-corrected chi connectivity index (χ0v) is 14.9. The van der Waals surface area contributed by atoms with Crippen LogP contribution in [0.15, 0.2) is 60.7 Å². The molecule has 0 saturated carbocycles. The molecule has 4 nitrogen and oxygen atoms in total. The van der Waals surface area contributed by atoms with Crippen molar-refractivity contribution in [2.75, 3.05) is 7.11 Å². The molecule has 1 N–H and O–H groups in total. The fourth-order valence-corrected chi connectivity index (χ4v) is 3.63. The highest BCUT2D eigenvalue weighted by Crippen LogP contribution is 2.36. The van der Waals surface area contributed by atoms with E-state index in [1.54, 1.807) is 18.2 Å². The number of carbonyl (C=O) groups is 2. The van der Waals surface area contributed by atoms with Gasteiger partial charge >= 0.3 is 11.9 Å². The highest BCUT2D eigenvalue weighted by molar-refractivity contribution is 5.91. The van der Waals surface area contributed by atoms with Crippen molar-refractivity contribution in [3.05, 3.63) is 82.9 Å². The average Bonchev–Trinajstić information content (AvgIpc) is 2.72. The molecule has 0 aromatic heterocycles. The third kappa shape index (κ3) is 3.10. The van der Waals surface area contributed by atoms with E-state index in [1.165, 1.54) is 18.2 Å². The molecule has 1 aliphatic carbocycles. The zero-order chi connectivity index (χ0) is 19.0. The van der Waals surface area contributed by atoms with Crippen molar-refractivity contribution in [3.8, 4) is 22.3 Å². The first kappa shape index (κ1) is 17.0. The van der Waals surface area contributed by atoms with Crippen LogP contribution in [0, 0.1) is 0 Å². The fourth-order valence-electron chi connectivity index (χ4n) is 3.63. The third-order valence-electron chi connectivity index (χ3n) is 5.05. The van der Waals surface area contributed by atoms with E-state index < -0.39 is 5.97 Å². The van der Waals surface area contributed by atoms with Gasteiger partial charge in [-0.3, -0.25) is 0 Å². The Morgan fingerprint density at radius 2 is 1.33 bits per heavy atom. The number of carbonyl (C=O) groups excluding carboxylic acids is 1. The van der Waals surface area contributed by atoms with Gasteiger partial charge in [0.25, 0.3) is 0 Å². The Kier molecular flexibility index (Phi) is 4.24. The van der Waals surface area contributed by atoms with Crippen molar-refractivity contribution in [3.63, 3.8) is 0 Å². The predicted molar refractivity (Wildman–Crippen MR) is 103 cm³/mol. The Balaban J connectivity index is 1.70. The average molecular weight is 358 g/mol. The fraction of sp³-hybridized carbons (Fsp3) is 0.130. The Bertz CT molecular complexity index is 1050. The topological polar surface area (TPSA) is 63.6 Å². The van der Waals surface area contributed by atoms with Crippen LogP contribution in [0.25, 0.3) is 22.3 Å². The summed E-state index contributed by atoms with van der Waals surface area (Å²) in [5.74, 6) is -1.24. The number of fused-ring (bicyclic) bond motifs is 3. The first-order valence-electron chi connectivity index (χ1n) is 8.75. The molecule has 0 spiro atoms. The van der Waals surface area contributed by atoms with E-state index in [4.69, 9.17) is 9.84 Å². The minimum absolute atomic E-state index is 0.284. The second-order valence-electron chi connectivity index (χ2n) is 6.62. The molecule has 4 rings (SSSR count). The smallest absolute Gasteiger partial charge is 0.337 e. The lowest BCUT2D eigenvalue weighted by atomic mass is 9.83. The molecular formula is C23H18O4. The highest BCUT2D eigenvalue weighted by atomic mass is 16.5. The normalized spacial score (nSPS) is 12.0. The van der Waals surface area contributed by atoms with Crippen LogP contribution >= 0.6 is 0 Å². The van der Waals surface area contributed by atoms with Gasteiger partial charge in [-0.15, -0.1) is 0 Å². The Morgan fingerprint density at radius 1 is 0.778 bits per heavy atom. The molecular weight excluding hydrogens is 340 g/mol. The lowest BCUT2D eigenvalue weighted by Crippen LogP contribution is -2.07. The molecule has 0 radical (unpaired) electrons. The van der Waals surface area contributed by atoms with Crippen LogP contribution in [0.3, 0.4) is 0 Å². The number of carboxylic acids is 1. The maximum absolute atomic E-state index is 11.8. The number of carboxylic acid groups (broad SMARTS) is 1. The van der Waals surface area contributed by atoms with Crippen LogP contribution in [-0.4, -0.2) is 24.2 Å². The van der Waals surface area contributed by atoms with Gasteiger partial charge in [0.1, 0.15) is 0 Å². The van der Waals surface area contributed by atoms with Gasteiger partial charge in [-0.05, 0) is 70.5 Å². The molecule has 4 heteroatoms. The van der Waals surface area contributed by atoms with Crippen molar-refractivity contribution in [1.29, 1.82) is 0 Å². The Morgan fingerprint density at radius 3 is 1.96 bits per heavy atom. The van der Waals surface area contributed by atoms with E-state index in [0.717, 1.165) is 35.1 Å². The van der Waals surface area contributed by atoms with Crippen molar-refractivity contribution >= 4 is 11.9 Å². The van der Waals surface area contributed by atoms with Crippen molar-refractivity contribution < 1.29 is 19.4 Å². The van der Waals surface area contributed by atoms with E-state index in [2.05, 4.69) is 18.2 Å². The molecule has 0 fully saturated rings. The van der Waals surface area contributed by atoms with E-state index in [0.29, 0.717) is 5.56 Å². The second kappa shape index (κ2) is 6.72. The summed E-state index contributed by atoms with van der Waals surface area (Å²) in [6.45, 7) is 0. The zero-order valence-electron chi connectivity index (χ0n) is 14.9. The quantitative estimate of drug-likeness (QED) is 0.695. The van der Waals surface area contributed by atoms with Crippen LogP contribution in [0.5, 0.6) is 0 Å². The summed E-state index contributed by atoms with van der Waals surface area (Å²) in [4.78, 5) is 22.8. The number of hydrogen-bond acceptors (Lipinski definition) is 3. The summed E-state index contributed by atoms with van der Waals surface area (Å²) >= 11 is 0. The summed E-state index contributed by atoms with van der Waals surface area (Å²) in [5.41, 5.74) is 7.67. The molecule has 0 bridgehead atoms. The monoisotopic (exact) mass is 358 g/mol. The van der Waals surface area contributed by atoms with Gasteiger partial charge in [-0.25, -0.2) is 9.59 Å². The van der Waals surface area contributed by atoms with Gasteiger partial charge in [0.2, 0.25) is 0 Å². The number of rotatable bonds is 3. The van der Waals surface area contributed by atoms with Crippen LogP contribution in [0.4, 0.5) is 0 Å². The van der Waals surface area contributed by atoms with Crippen molar-refractivity contribution in [2.45, 2.75) is 12.8 Å². The van der Waals surface area contributed by atoms with E-state index in [-0.39, 0.29) is 11.5 Å². The number of ether oxygens (including phenoxy) is 1. The molecule has 0 atom stereocenters. The number of hydrogen-bond donors (Lipinski definition) is 1. The number of methoxy groups -OCH3 is 1. The first-order chi connectivity index (χ1) is 13.1. The predicted octanol–water partition coefficient (Wildman–Crippen LogP) is 4.60. The minimum atomic E-state index is -0.921. The van der Waals surface area contributed by atoms with Gasteiger partial charge in [0.05, 0.1) is 18.2 Å². The molecule has 0 heterocycles. The van der Waals surface area contributed by atoms with Gasteiger partial charge < -0.3 is 9.84 Å². The van der Waals surface area contributed by atoms with Crippen LogP contribution in [-0.2, 0) is 17.6 Å². The highest BCUT2D eigenvalue weighted by Gasteiger charge is 2.18. The number of benzene rings is 3. The van der Waals surface area contributed by atoms with Gasteiger partial charge in [-0.1, -0.05) is 36.4 Å². The number of esters is 1. The molecule has 0 amide bonds. The van der Waals surface area contributed by atoms with Gasteiger partial charge in [-0.2, -0.15) is 0 Å². The van der Waals surface area contributed by atoms with E-state index >= 15 is 0 Å². The summed E-state index contributed by atoms with van der Waals surface area (Å²) in [6, 6.07) is 19.0. The molecule has 3 aromatic rings. The van der Waals surface area contributed by atoms with E-state index in [1.807, 2.05) is 24.3 Å². The van der Waals surface area contributed by atoms with Crippen molar-refractivity contribution in [1.82, 2.24) is 0 Å². The SMILES string of the molecule is COC(=O)c1ccc2c(c1)CCc1cc(-c3ccc(C(=O)O)cc3)ccc1-2. The van der Waals surface area contributed by atoms with Crippen molar-refractivity contribution in [2.24, 2.45) is 0 Å². The van der Waals surface area contributed by atoms with E-state index in [9.17, 15) is 9.59 Å². The minimum Gasteiger partial charge on any atom is -0.478 e. The van der Waals surface area contributed by atoms with Gasteiger partial charge in [0, 0.05) is 0 Å². The largest absolute Gasteiger partial charge is 0.478 e. The first-order valence-corrected chi connectivity index (χ1v) is 8.75. The molecule has 3 aromatic carbocycles. The summed E-state index contributed by atoms with van der Waals surface area (Å²) in [7, 11) is 1.39. The summed E-state index contributed by atoms with van der Waals surface area (Å²) < 4.78 is 4.81. The Hall–Kier alpha value is -3.40. The van der Waals surface area contributed by atoms with Crippen LogP contribution < -0.4 is 0 Å². The van der Waals surface area contributed by atoms with Crippen LogP contribution in [0.2, 0.25) is 0 Å². The maximum atomic E-state index is 11.8. The van der Waals surface area contributed by atoms with Crippen LogP contribution in [0.1, 0.15) is 31.8 Å². The summed E-state index contributed by atoms with van der Waals surface area (Å²) in [6.07, 6.45) is 1.77. The third-order valence-corrected chi connectivity index (χ3v) is 5.05. The lowest BCUT2D eigenvalue weighted by molar-refractivity contribution is 0.0599. The Labute approximate surface area is 157 Å². The molecule has 0 saturated heterocycles. The van der Waals surface area contributed by atoms with Gasteiger partial charge in [0.15, 0.2) is 0 Å². The molecule has 134 valence electrons. The second-order valence-corrected chi connectivity index (χ2v) is 6.62. The lowest BCUT2D eigenvalue weighted by Gasteiger charge is -2.21. The molecule has 27 heavy (non-hydrogen) atoms. The standard InChI is InChI=1S/C23H18O4/c1-27-23(26)19-9-11-21-18(13-19)7-6-17-12-16(8-10-20(17)21)14-2-4-15(5-3-14)22(24)25/h2-5,8-13H,6-7H2,1H3,(H,24,25). The number of aryl methyl sites for hydroxylation is 2. The molecule has 0 unspecified atom stereocenters. The molecule has 0 aliphatic heterocycles. The maximum Gasteiger partial charge on any atom is 0.337 e. The number of aromatic carboxylic acids is 1.